The molecule has 0 bridgehead atoms. The number of fused-ring (bicyclic) bond motifs is 1. The zero-order valence-corrected chi connectivity index (χ0v) is 34.0. The van der Waals surface area contributed by atoms with Gasteiger partial charge in [-0.2, -0.15) is 0 Å². The molecule has 5 heterocycles. The minimum absolute atomic E-state index is 0.00387. The number of ether oxygens (including phenoxy) is 2. The van der Waals surface area contributed by atoms with E-state index < -0.39 is 73.2 Å². The third-order valence-electron chi connectivity index (χ3n) is 10.4. The van der Waals surface area contributed by atoms with Crippen LogP contribution >= 0.6 is 24.7 Å². The Hall–Kier alpha value is -1.99. The summed E-state index contributed by atoms with van der Waals surface area (Å²) in [6.45, 7) is 10.7. The smallest absolute Gasteiger partial charge is 0.345 e. The lowest BCUT2D eigenvalue weighted by molar-refractivity contribution is -0.123. The van der Waals surface area contributed by atoms with Crippen LogP contribution in [0.3, 0.4) is 0 Å². The lowest BCUT2D eigenvalue weighted by Gasteiger charge is -2.42. The van der Waals surface area contributed by atoms with Gasteiger partial charge in [0.15, 0.2) is 6.23 Å². The molecule has 4 aliphatic rings. The molecule has 3 aliphatic heterocycles. The maximum Gasteiger partial charge on any atom is 0.345 e. The summed E-state index contributed by atoms with van der Waals surface area (Å²) in [4.78, 5) is 54.5. The molecule has 2 aromatic rings. The van der Waals surface area contributed by atoms with Crippen LogP contribution in [0, 0.1) is 19.8 Å². The second-order valence-corrected chi connectivity index (χ2v) is 23.8. The van der Waals surface area contributed by atoms with Crippen LogP contribution in [0.4, 0.5) is 0 Å². The molecule has 3 saturated heterocycles. The molecule has 294 valence electrons. The van der Waals surface area contributed by atoms with Gasteiger partial charge in [0.05, 0.1) is 38.1 Å². The highest BCUT2D eigenvalue weighted by atomic mass is 32.9. The third kappa shape index (κ3) is 8.28. The van der Waals surface area contributed by atoms with Crippen LogP contribution in [0.15, 0.2) is 43.7 Å². The monoisotopic (exact) mass is 818 g/mol. The standard InChI is InChI=1S/C32H48N6O11P2S2/c1-18(2)21-8-9-32(5)25(10-21)49-51(52,53-32)48-23-11-26(37-12-19(3)28(40)33-30(37)42)47-24(23)17-45-50(44,35(6)7)36-14-22(16-39)46-27(15-36)38-13-20(4)29(41)34-31(38)43/h12-13,21-27,39H,1,8-11,14-17H2,2-7H3,(H,33,40,42)(H,34,41,43)/t21?,22?,23-,24?,25-,26?,27?,32-,50?,51+/m0/s1. The molecule has 1 aliphatic carbocycles. The molecule has 0 spiro atoms. The van der Waals surface area contributed by atoms with Gasteiger partial charge in [-0.15, -0.1) is 0 Å². The number of aryl methyl sites for hydroxylation is 2. The first-order valence-electron chi connectivity index (χ1n) is 17.4. The summed E-state index contributed by atoms with van der Waals surface area (Å²) in [6.07, 6.45) is 1.07. The number of hydrogen-bond acceptors (Lipinski definition) is 13. The first-order chi connectivity index (χ1) is 24.8. The van der Waals surface area contributed by atoms with Crippen molar-refractivity contribution in [1.82, 2.24) is 28.4 Å². The molecule has 17 nitrogen and oxygen atoms in total. The van der Waals surface area contributed by atoms with E-state index >= 15 is 0 Å². The number of nitrogens with zero attached hydrogens (tertiary/aromatic N) is 4. The van der Waals surface area contributed by atoms with Crippen molar-refractivity contribution >= 4 is 36.6 Å². The predicted octanol–water partition coefficient (Wildman–Crippen LogP) is 2.75. The Bertz CT molecular complexity index is 2070. The Morgan fingerprint density at radius 1 is 1.09 bits per heavy atom. The summed E-state index contributed by atoms with van der Waals surface area (Å²) in [5.41, 5.74) is -3.71. The summed E-state index contributed by atoms with van der Waals surface area (Å²) in [5.74, 6) is 0.322. The molecule has 53 heavy (non-hydrogen) atoms. The first kappa shape index (κ1) is 40.7. The van der Waals surface area contributed by atoms with E-state index in [0.717, 1.165) is 24.8 Å². The molecule has 4 fully saturated rings. The molecule has 0 radical (unpaired) electrons. The molecule has 0 aromatic carbocycles. The highest BCUT2D eigenvalue weighted by Crippen LogP contribution is 2.76. The number of rotatable bonds is 11. The van der Waals surface area contributed by atoms with E-state index in [-0.39, 0.29) is 42.5 Å². The van der Waals surface area contributed by atoms with Crippen molar-refractivity contribution in [1.29, 1.82) is 0 Å². The van der Waals surface area contributed by atoms with Crippen molar-refractivity contribution in [3.8, 4) is 0 Å². The topological polar surface area (TPSA) is 200 Å². The average molecular weight is 819 g/mol. The van der Waals surface area contributed by atoms with Gasteiger partial charge < -0.3 is 28.2 Å². The number of hydrogen-bond donors (Lipinski definition) is 3. The number of aliphatic hydroxyl groups is 1. The number of aromatic nitrogens is 4. The van der Waals surface area contributed by atoms with Crippen molar-refractivity contribution in [3.63, 3.8) is 0 Å². The Balaban J connectivity index is 1.27. The summed E-state index contributed by atoms with van der Waals surface area (Å²) in [7, 11) is -0.770. The van der Waals surface area contributed by atoms with Gasteiger partial charge in [-0.25, -0.2) is 18.9 Å². The van der Waals surface area contributed by atoms with Gasteiger partial charge in [0, 0.05) is 41.2 Å². The molecule has 6 unspecified atom stereocenters. The Morgan fingerprint density at radius 2 is 1.72 bits per heavy atom. The fraction of sp³-hybridized carbons (Fsp3) is 0.688. The molecule has 2 aromatic heterocycles. The highest BCUT2D eigenvalue weighted by molar-refractivity contribution is 8.68. The largest absolute Gasteiger partial charge is 0.394 e. The molecule has 1 saturated carbocycles. The van der Waals surface area contributed by atoms with E-state index in [1.165, 1.54) is 30.9 Å². The van der Waals surface area contributed by atoms with Gasteiger partial charge in [0.25, 0.3) is 11.1 Å². The van der Waals surface area contributed by atoms with Crippen LogP contribution in [0.25, 0.3) is 0 Å². The van der Waals surface area contributed by atoms with E-state index in [9.17, 15) is 28.8 Å². The average Bonchev–Trinajstić information content (AvgIpc) is 3.61. The zero-order chi connectivity index (χ0) is 38.6. The Labute approximate surface area is 315 Å². The second-order valence-electron chi connectivity index (χ2n) is 14.6. The molecule has 0 amide bonds. The van der Waals surface area contributed by atoms with Crippen LogP contribution < -0.4 is 22.5 Å². The van der Waals surface area contributed by atoms with Gasteiger partial charge in [0.2, 0.25) is 5.69 Å². The summed E-state index contributed by atoms with van der Waals surface area (Å²) in [6, 6.07) is 0. The summed E-state index contributed by atoms with van der Waals surface area (Å²) < 4.78 is 52.0. The van der Waals surface area contributed by atoms with Crippen molar-refractivity contribution in [2.24, 2.45) is 5.92 Å². The number of H-pyrrole nitrogens is 2. The van der Waals surface area contributed by atoms with E-state index in [2.05, 4.69) is 23.5 Å². The normalized spacial score (nSPS) is 34.6. The fourth-order valence-electron chi connectivity index (χ4n) is 7.21. The number of aromatic amines is 2. The molecule has 3 N–H and O–H groups in total. The Kier molecular flexibility index (Phi) is 11.9. The first-order valence-corrected chi connectivity index (χ1v) is 23.0. The van der Waals surface area contributed by atoms with Crippen LogP contribution in [0.1, 0.15) is 63.1 Å². The highest BCUT2D eigenvalue weighted by Gasteiger charge is 2.55. The van der Waals surface area contributed by atoms with Crippen LogP contribution in [0.2, 0.25) is 0 Å². The van der Waals surface area contributed by atoms with Crippen molar-refractivity contribution < 1.29 is 32.7 Å². The van der Waals surface area contributed by atoms with E-state index in [1.807, 2.05) is 6.92 Å². The molecular formula is C32H48N6O11P2S2. The molecule has 6 rings (SSSR count). The van der Waals surface area contributed by atoms with Crippen molar-refractivity contribution in [2.75, 3.05) is 40.4 Å². The minimum Gasteiger partial charge on any atom is -0.394 e. The third-order valence-corrected chi connectivity index (χ3v) is 18.7. The van der Waals surface area contributed by atoms with Crippen molar-refractivity contribution in [2.45, 2.75) is 95.0 Å². The van der Waals surface area contributed by atoms with Gasteiger partial charge in [-0.05, 0) is 78.8 Å². The second kappa shape index (κ2) is 15.5. The molecular weight excluding hydrogens is 770 g/mol. The Morgan fingerprint density at radius 3 is 2.30 bits per heavy atom. The SMILES string of the molecule is C=C(C)C1CC[C@]2(C)S[P@](=S)(O[C@H]3CC(n4cc(C)c(=O)[nH]c4=O)OC3COP(=O)(N(C)C)N3CC(CO)OC(n4cc(C)c(=O)[nH]c4=O)C3)O[C@H]2C1. The number of morpholine rings is 1. The quantitative estimate of drug-likeness (QED) is 0.221. The summed E-state index contributed by atoms with van der Waals surface area (Å²) >= 11 is 7.66. The zero-order valence-electron chi connectivity index (χ0n) is 30.6. The predicted molar refractivity (Wildman–Crippen MR) is 203 cm³/mol. The van der Waals surface area contributed by atoms with Gasteiger partial charge in [-0.3, -0.25) is 33.3 Å². The summed E-state index contributed by atoms with van der Waals surface area (Å²) in [5, 5.41) is 10.1. The number of nitrogens with one attached hydrogen (secondary N) is 2. The van der Waals surface area contributed by atoms with E-state index in [0.29, 0.717) is 11.5 Å². The molecule has 10 atom stereocenters. The van der Waals surface area contributed by atoms with Gasteiger partial charge in [-0.1, -0.05) is 23.5 Å². The van der Waals surface area contributed by atoms with Crippen molar-refractivity contribution in [3.05, 3.63) is 77.3 Å². The lowest BCUT2D eigenvalue weighted by atomic mass is 9.77. The minimum atomic E-state index is -3.93. The van der Waals surface area contributed by atoms with E-state index in [4.69, 9.17) is 34.9 Å². The fourth-order valence-corrected chi connectivity index (χ4v) is 16.8. The van der Waals surface area contributed by atoms with E-state index in [1.54, 1.807) is 39.3 Å². The van der Waals surface area contributed by atoms with Crippen LogP contribution in [-0.2, 0) is 39.4 Å². The maximum absolute atomic E-state index is 14.9. The number of allylic oxidation sites excluding steroid dienone is 1. The van der Waals surface area contributed by atoms with Crippen LogP contribution in [-0.4, -0.2) is 103 Å². The lowest BCUT2D eigenvalue weighted by Crippen LogP contribution is -2.50. The number of aliphatic hydroxyl groups excluding tert-OH is 1. The van der Waals surface area contributed by atoms with Gasteiger partial charge >= 0.3 is 19.0 Å². The van der Waals surface area contributed by atoms with Gasteiger partial charge in [0.1, 0.15) is 12.3 Å². The molecule has 21 heteroatoms. The van der Waals surface area contributed by atoms with Crippen LogP contribution in [0.5, 0.6) is 0 Å². The maximum atomic E-state index is 14.9.